The van der Waals surface area contributed by atoms with Crippen LogP contribution in [0.5, 0.6) is 0 Å². The van der Waals surface area contributed by atoms with Crippen molar-refractivity contribution in [2.45, 2.75) is 57.3 Å². The summed E-state index contributed by atoms with van der Waals surface area (Å²) >= 11 is 0. The summed E-state index contributed by atoms with van der Waals surface area (Å²) in [6, 6.07) is 5.96. The SMILES string of the molecule is O=C1CCC(N2Cc3c(CN(CC4CC4)C4CCNC4)cccc3C2=O)C(=O)N1. The number of amides is 3. The minimum atomic E-state index is -0.554. The molecular formula is C22H28N4O3. The molecule has 29 heavy (non-hydrogen) atoms. The van der Waals surface area contributed by atoms with Gasteiger partial charge in [-0.2, -0.15) is 0 Å². The summed E-state index contributed by atoms with van der Waals surface area (Å²) in [5, 5.41) is 5.85. The number of benzene rings is 1. The van der Waals surface area contributed by atoms with Gasteiger partial charge >= 0.3 is 0 Å². The summed E-state index contributed by atoms with van der Waals surface area (Å²) in [6.07, 6.45) is 4.51. The quantitative estimate of drug-likeness (QED) is 0.702. The number of hydrogen-bond acceptors (Lipinski definition) is 5. The highest BCUT2D eigenvalue weighted by Crippen LogP contribution is 2.34. The van der Waals surface area contributed by atoms with Crippen molar-refractivity contribution in [3.63, 3.8) is 0 Å². The molecule has 2 atom stereocenters. The number of nitrogens with zero attached hydrogens (tertiary/aromatic N) is 2. The van der Waals surface area contributed by atoms with E-state index in [0.29, 0.717) is 24.6 Å². The molecule has 0 aromatic heterocycles. The Morgan fingerprint density at radius 2 is 1.97 bits per heavy atom. The number of piperidine rings is 1. The van der Waals surface area contributed by atoms with Crippen molar-refractivity contribution in [1.29, 1.82) is 0 Å². The Balaban J connectivity index is 1.37. The van der Waals surface area contributed by atoms with Crippen molar-refractivity contribution in [1.82, 2.24) is 20.4 Å². The van der Waals surface area contributed by atoms with Gasteiger partial charge in [-0.3, -0.25) is 24.6 Å². The van der Waals surface area contributed by atoms with Gasteiger partial charge in [0.25, 0.3) is 5.91 Å². The third-order valence-electron chi connectivity index (χ3n) is 6.79. The molecular weight excluding hydrogens is 368 g/mol. The zero-order valence-electron chi connectivity index (χ0n) is 16.7. The third kappa shape index (κ3) is 3.69. The van der Waals surface area contributed by atoms with Gasteiger partial charge in [0.05, 0.1) is 0 Å². The van der Waals surface area contributed by atoms with Crippen molar-refractivity contribution in [3.05, 3.63) is 34.9 Å². The molecule has 3 heterocycles. The molecule has 0 spiro atoms. The molecule has 5 rings (SSSR count). The van der Waals surface area contributed by atoms with E-state index in [1.807, 2.05) is 12.1 Å². The monoisotopic (exact) mass is 396 g/mol. The van der Waals surface area contributed by atoms with E-state index in [-0.39, 0.29) is 24.1 Å². The van der Waals surface area contributed by atoms with Crippen molar-refractivity contribution >= 4 is 17.7 Å². The maximum atomic E-state index is 13.0. The topological polar surface area (TPSA) is 81.8 Å². The van der Waals surface area contributed by atoms with Gasteiger partial charge in [-0.1, -0.05) is 12.1 Å². The molecule has 154 valence electrons. The summed E-state index contributed by atoms with van der Waals surface area (Å²) in [4.78, 5) is 41.1. The predicted octanol–water partition coefficient (Wildman–Crippen LogP) is 1.02. The first-order chi connectivity index (χ1) is 14.1. The van der Waals surface area contributed by atoms with Crippen LogP contribution < -0.4 is 10.6 Å². The van der Waals surface area contributed by atoms with Crippen molar-refractivity contribution in [3.8, 4) is 0 Å². The Morgan fingerprint density at radius 3 is 2.69 bits per heavy atom. The molecule has 1 aromatic rings. The van der Waals surface area contributed by atoms with Crippen molar-refractivity contribution in [2.24, 2.45) is 5.92 Å². The second-order valence-corrected chi connectivity index (χ2v) is 8.86. The second kappa shape index (κ2) is 7.54. The van der Waals surface area contributed by atoms with E-state index in [0.717, 1.165) is 37.7 Å². The lowest BCUT2D eigenvalue weighted by Gasteiger charge is -2.30. The fourth-order valence-electron chi connectivity index (χ4n) is 4.94. The summed E-state index contributed by atoms with van der Waals surface area (Å²) in [6.45, 7) is 4.53. The minimum absolute atomic E-state index is 0.0902. The second-order valence-electron chi connectivity index (χ2n) is 8.86. The normalized spacial score (nSPS) is 26.9. The summed E-state index contributed by atoms with van der Waals surface area (Å²) < 4.78 is 0. The Bertz CT molecular complexity index is 844. The first kappa shape index (κ1) is 18.8. The Labute approximate surface area is 170 Å². The van der Waals surface area contributed by atoms with Crippen molar-refractivity contribution in [2.75, 3.05) is 19.6 Å². The van der Waals surface area contributed by atoms with Crippen LogP contribution in [0.15, 0.2) is 18.2 Å². The zero-order valence-corrected chi connectivity index (χ0v) is 16.7. The first-order valence-corrected chi connectivity index (χ1v) is 10.8. The largest absolute Gasteiger partial charge is 0.322 e. The molecule has 3 aliphatic heterocycles. The zero-order chi connectivity index (χ0) is 20.0. The van der Waals surface area contributed by atoms with Crippen LogP contribution >= 0.6 is 0 Å². The van der Waals surface area contributed by atoms with Crippen LogP contribution in [0.3, 0.4) is 0 Å². The molecule has 1 saturated carbocycles. The van der Waals surface area contributed by atoms with Gasteiger partial charge in [0.15, 0.2) is 0 Å². The van der Waals surface area contributed by atoms with Gasteiger partial charge in [-0.25, -0.2) is 0 Å². The molecule has 2 saturated heterocycles. The van der Waals surface area contributed by atoms with Crippen LogP contribution in [0.1, 0.15) is 53.6 Å². The molecule has 4 aliphatic rings. The smallest absolute Gasteiger partial charge is 0.255 e. The van der Waals surface area contributed by atoms with Crippen LogP contribution in [0, 0.1) is 5.92 Å². The average molecular weight is 396 g/mol. The minimum Gasteiger partial charge on any atom is -0.322 e. The highest BCUT2D eigenvalue weighted by molar-refractivity contribution is 6.05. The number of fused-ring (bicyclic) bond motifs is 1. The van der Waals surface area contributed by atoms with E-state index in [9.17, 15) is 14.4 Å². The molecule has 2 N–H and O–H groups in total. The molecule has 3 amide bonds. The fraction of sp³-hybridized carbons (Fsp3) is 0.591. The van der Waals surface area contributed by atoms with Gasteiger partial charge in [0.2, 0.25) is 11.8 Å². The van der Waals surface area contributed by atoms with Crippen LogP contribution in [0.25, 0.3) is 0 Å². The number of hydrogen-bond donors (Lipinski definition) is 2. The molecule has 1 aliphatic carbocycles. The van der Waals surface area contributed by atoms with E-state index in [2.05, 4.69) is 21.6 Å². The molecule has 3 fully saturated rings. The van der Waals surface area contributed by atoms with Crippen LogP contribution in [-0.4, -0.2) is 59.2 Å². The van der Waals surface area contributed by atoms with Crippen LogP contribution in [0.4, 0.5) is 0 Å². The Morgan fingerprint density at radius 1 is 1.10 bits per heavy atom. The first-order valence-electron chi connectivity index (χ1n) is 10.8. The summed E-state index contributed by atoms with van der Waals surface area (Å²) in [7, 11) is 0. The van der Waals surface area contributed by atoms with Gasteiger partial charge in [-0.15, -0.1) is 0 Å². The highest BCUT2D eigenvalue weighted by atomic mass is 16.2. The maximum Gasteiger partial charge on any atom is 0.255 e. The number of rotatable bonds is 6. The Kier molecular flexibility index (Phi) is 4.87. The van der Waals surface area contributed by atoms with E-state index >= 15 is 0 Å². The number of carbonyl (C=O) groups is 3. The van der Waals surface area contributed by atoms with Crippen LogP contribution in [-0.2, 0) is 22.7 Å². The lowest BCUT2D eigenvalue weighted by Crippen LogP contribution is -2.52. The molecule has 2 unspecified atom stereocenters. The van der Waals surface area contributed by atoms with E-state index in [1.54, 1.807) is 4.90 Å². The highest BCUT2D eigenvalue weighted by Gasteiger charge is 2.40. The lowest BCUT2D eigenvalue weighted by atomic mass is 10.0. The summed E-state index contributed by atoms with van der Waals surface area (Å²) in [5.41, 5.74) is 2.95. The number of carbonyl (C=O) groups excluding carboxylic acids is 3. The van der Waals surface area contributed by atoms with E-state index < -0.39 is 6.04 Å². The third-order valence-corrected chi connectivity index (χ3v) is 6.79. The van der Waals surface area contributed by atoms with Gasteiger partial charge in [0, 0.05) is 44.2 Å². The molecule has 7 nitrogen and oxygen atoms in total. The fourth-order valence-corrected chi connectivity index (χ4v) is 4.94. The predicted molar refractivity (Wildman–Crippen MR) is 107 cm³/mol. The summed E-state index contributed by atoms with van der Waals surface area (Å²) in [5.74, 6) is 0.120. The lowest BCUT2D eigenvalue weighted by molar-refractivity contribution is -0.136. The Hall–Kier alpha value is -2.25. The molecule has 0 bridgehead atoms. The van der Waals surface area contributed by atoms with Gasteiger partial charge < -0.3 is 10.2 Å². The standard InChI is InChI=1S/C22H28N4O3/c27-20-7-6-19(21(28)24-20)26-13-18-15(2-1-3-17(18)22(26)29)12-25(11-14-4-5-14)16-8-9-23-10-16/h1-3,14,16,19,23H,4-13H2,(H,24,27,28). The van der Waals surface area contributed by atoms with E-state index in [4.69, 9.17) is 0 Å². The number of nitrogens with one attached hydrogen (secondary N) is 2. The maximum absolute atomic E-state index is 13.0. The van der Waals surface area contributed by atoms with E-state index in [1.165, 1.54) is 24.8 Å². The molecule has 7 heteroatoms. The van der Waals surface area contributed by atoms with Crippen molar-refractivity contribution < 1.29 is 14.4 Å². The molecule has 1 aromatic carbocycles. The number of imide groups is 1. The van der Waals surface area contributed by atoms with Gasteiger partial charge in [-0.05, 0) is 55.3 Å². The molecule has 0 radical (unpaired) electrons. The van der Waals surface area contributed by atoms with Gasteiger partial charge in [0.1, 0.15) is 6.04 Å². The average Bonchev–Trinajstić information content (AvgIpc) is 3.22. The van der Waals surface area contributed by atoms with Crippen LogP contribution in [0.2, 0.25) is 0 Å².